The highest BCUT2D eigenvalue weighted by Crippen LogP contribution is 2.19. The van der Waals surface area contributed by atoms with E-state index in [4.69, 9.17) is 10.5 Å². The van der Waals surface area contributed by atoms with E-state index >= 15 is 0 Å². The van der Waals surface area contributed by atoms with Crippen LogP contribution in [0.15, 0.2) is 42.5 Å². The van der Waals surface area contributed by atoms with Crippen LogP contribution in [0.1, 0.15) is 36.2 Å². The van der Waals surface area contributed by atoms with Crippen LogP contribution < -0.4 is 15.8 Å². The molecule has 3 N–H and O–H groups in total. The molecule has 0 aliphatic carbocycles. The second-order valence-corrected chi connectivity index (χ2v) is 6.08. The van der Waals surface area contributed by atoms with Crippen molar-refractivity contribution in [3.8, 4) is 5.75 Å². The van der Waals surface area contributed by atoms with E-state index in [2.05, 4.69) is 19.2 Å². The van der Waals surface area contributed by atoms with Gasteiger partial charge in [-0.3, -0.25) is 4.79 Å². The van der Waals surface area contributed by atoms with Gasteiger partial charge in [0.15, 0.2) is 0 Å². The van der Waals surface area contributed by atoms with Crippen molar-refractivity contribution in [2.45, 2.75) is 27.2 Å². The number of aryl methyl sites for hydroxylation is 1. The predicted octanol–water partition coefficient (Wildman–Crippen LogP) is 4.25. The molecule has 0 saturated carbocycles. The lowest BCUT2D eigenvalue weighted by Crippen LogP contribution is -2.12. The summed E-state index contributed by atoms with van der Waals surface area (Å²) in [4.78, 5) is 12.3. The number of carbonyl (C=O) groups is 1. The summed E-state index contributed by atoms with van der Waals surface area (Å²) < 4.78 is 5.66. The summed E-state index contributed by atoms with van der Waals surface area (Å²) in [7, 11) is 0. The van der Waals surface area contributed by atoms with Crippen molar-refractivity contribution in [2.75, 3.05) is 17.7 Å². The van der Waals surface area contributed by atoms with Gasteiger partial charge in [-0.2, -0.15) is 0 Å². The lowest BCUT2D eigenvalue weighted by atomic mass is 10.1. The summed E-state index contributed by atoms with van der Waals surface area (Å²) in [6.07, 6.45) is 1.01. The van der Waals surface area contributed by atoms with E-state index in [-0.39, 0.29) is 5.91 Å². The van der Waals surface area contributed by atoms with Crippen molar-refractivity contribution in [3.05, 3.63) is 53.6 Å². The standard InChI is InChI=1S/C19H24N2O2/c1-13(2)10-11-23-17-7-4-15(5-8-17)19(22)21-18-9-6-16(20)12-14(18)3/h4-9,12-13H,10-11,20H2,1-3H3,(H,21,22). The lowest BCUT2D eigenvalue weighted by molar-refractivity contribution is 0.102. The van der Waals surface area contributed by atoms with Gasteiger partial charge in [-0.25, -0.2) is 0 Å². The monoisotopic (exact) mass is 312 g/mol. The summed E-state index contributed by atoms with van der Waals surface area (Å²) in [5.74, 6) is 1.25. The topological polar surface area (TPSA) is 64.3 Å². The van der Waals surface area contributed by atoms with Crippen LogP contribution in [0.25, 0.3) is 0 Å². The third-order valence-electron chi connectivity index (χ3n) is 3.58. The number of amides is 1. The fourth-order valence-electron chi connectivity index (χ4n) is 2.14. The smallest absolute Gasteiger partial charge is 0.255 e. The number of hydrogen-bond donors (Lipinski definition) is 2. The maximum Gasteiger partial charge on any atom is 0.255 e. The molecule has 0 aliphatic rings. The van der Waals surface area contributed by atoms with Crippen molar-refractivity contribution in [1.29, 1.82) is 0 Å². The fourth-order valence-corrected chi connectivity index (χ4v) is 2.14. The first-order valence-electron chi connectivity index (χ1n) is 7.86. The molecule has 0 heterocycles. The second kappa shape index (κ2) is 7.68. The number of carbonyl (C=O) groups excluding carboxylic acids is 1. The van der Waals surface area contributed by atoms with E-state index in [1.807, 2.05) is 31.2 Å². The van der Waals surface area contributed by atoms with Gasteiger partial charge < -0.3 is 15.8 Å². The van der Waals surface area contributed by atoms with Crippen molar-refractivity contribution in [2.24, 2.45) is 5.92 Å². The molecule has 4 heteroatoms. The maximum atomic E-state index is 12.3. The molecule has 0 radical (unpaired) electrons. The molecule has 122 valence electrons. The minimum absolute atomic E-state index is 0.147. The average molecular weight is 312 g/mol. The summed E-state index contributed by atoms with van der Waals surface area (Å²) in [6, 6.07) is 12.6. The number of nitrogens with one attached hydrogen (secondary N) is 1. The molecule has 2 rings (SSSR count). The van der Waals surface area contributed by atoms with E-state index in [1.165, 1.54) is 0 Å². The Morgan fingerprint density at radius 3 is 2.48 bits per heavy atom. The van der Waals surface area contributed by atoms with Gasteiger partial charge in [-0.15, -0.1) is 0 Å². The zero-order valence-corrected chi connectivity index (χ0v) is 13.9. The van der Waals surface area contributed by atoms with Gasteiger partial charge in [0.25, 0.3) is 5.91 Å². The van der Waals surface area contributed by atoms with Crippen LogP contribution in [0, 0.1) is 12.8 Å². The number of rotatable bonds is 6. The van der Waals surface area contributed by atoms with Crippen LogP contribution in [0.3, 0.4) is 0 Å². The number of ether oxygens (including phenoxy) is 1. The molecule has 2 aromatic rings. The zero-order valence-electron chi connectivity index (χ0n) is 13.9. The van der Waals surface area contributed by atoms with Crippen LogP contribution in [-0.2, 0) is 0 Å². The fraction of sp³-hybridized carbons (Fsp3) is 0.316. The first-order valence-corrected chi connectivity index (χ1v) is 7.86. The second-order valence-electron chi connectivity index (χ2n) is 6.08. The molecular weight excluding hydrogens is 288 g/mol. The van der Waals surface area contributed by atoms with Gasteiger partial charge in [-0.1, -0.05) is 13.8 Å². The molecule has 23 heavy (non-hydrogen) atoms. The highest BCUT2D eigenvalue weighted by Gasteiger charge is 2.08. The average Bonchev–Trinajstić information content (AvgIpc) is 2.50. The first kappa shape index (κ1) is 16.9. The minimum atomic E-state index is -0.147. The van der Waals surface area contributed by atoms with E-state index in [9.17, 15) is 4.79 Å². The highest BCUT2D eigenvalue weighted by atomic mass is 16.5. The van der Waals surface area contributed by atoms with Gasteiger partial charge in [0, 0.05) is 16.9 Å². The molecule has 0 bridgehead atoms. The Hall–Kier alpha value is -2.49. The van der Waals surface area contributed by atoms with Crippen molar-refractivity contribution in [1.82, 2.24) is 0 Å². The molecule has 0 atom stereocenters. The number of anilines is 2. The quantitative estimate of drug-likeness (QED) is 0.784. The molecular formula is C19H24N2O2. The predicted molar refractivity (Wildman–Crippen MR) is 94.9 cm³/mol. The normalized spacial score (nSPS) is 10.6. The maximum absolute atomic E-state index is 12.3. The molecule has 4 nitrogen and oxygen atoms in total. The lowest BCUT2D eigenvalue weighted by Gasteiger charge is -2.10. The summed E-state index contributed by atoms with van der Waals surface area (Å²) >= 11 is 0. The van der Waals surface area contributed by atoms with Crippen molar-refractivity contribution < 1.29 is 9.53 Å². The zero-order chi connectivity index (χ0) is 16.8. The van der Waals surface area contributed by atoms with Gasteiger partial charge in [0.05, 0.1) is 6.61 Å². The number of hydrogen-bond acceptors (Lipinski definition) is 3. The Morgan fingerprint density at radius 2 is 1.87 bits per heavy atom. The Morgan fingerprint density at radius 1 is 1.17 bits per heavy atom. The molecule has 0 spiro atoms. The van der Waals surface area contributed by atoms with E-state index < -0.39 is 0 Å². The third-order valence-corrected chi connectivity index (χ3v) is 3.58. The SMILES string of the molecule is Cc1cc(N)ccc1NC(=O)c1ccc(OCCC(C)C)cc1. The van der Waals surface area contributed by atoms with E-state index in [0.29, 0.717) is 23.8 Å². The van der Waals surface area contributed by atoms with Crippen LogP contribution in [0.4, 0.5) is 11.4 Å². The molecule has 0 fully saturated rings. The highest BCUT2D eigenvalue weighted by molar-refractivity contribution is 6.04. The van der Waals surface area contributed by atoms with Crippen LogP contribution in [0.2, 0.25) is 0 Å². The van der Waals surface area contributed by atoms with Crippen LogP contribution in [0.5, 0.6) is 5.75 Å². The molecule has 0 unspecified atom stereocenters. The van der Waals surface area contributed by atoms with Gasteiger partial charge in [0.1, 0.15) is 5.75 Å². The van der Waals surface area contributed by atoms with Gasteiger partial charge in [0.2, 0.25) is 0 Å². The molecule has 1 amide bonds. The minimum Gasteiger partial charge on any atom is -0.494 e. The number of nitrogen functional groups attached to an aromatic ring is 1. The summed E-state index contributed by atoms with van der Waals surface area (Å²) in [6.45, 7) is 6.93. The van der Waals surface area contributed by atoms with Gasteiger partial charge in [-0.05, 0) is 67.3 Å². The number of benzene rings is 2. The van der Waals surface area contributed by atoms with Crippen molar-refractivity contribution >= 4 is 17.3 Å². The molecule has 2 aromatic carbocycles. The summed E-state index contributed by atoms with van der Waals surface area (Å²) in [5, 5.41) is 2.90. The summed E-state index contributed by atoms with van der Waals surface area (Å²) in [5.41, 5.74) is 8.70. The first-order chi connectivity index (χ1) is 11.0. The van der Waals surface area contributed by atoms with E-state index in [0.717, 1.165) is 23.4 Å². The molecule has 0 aromatic heterocycles. The van der Waals surface area contributed by atoms with Crippen LogP contribution in [-0.4, -0.2) is 12.5 Å². The van der Waals surface area contributed by atoms with Crippen molar-refractivity contribution in [3.63, 3.8) is 0 Å². The molecule has 0 aliphatic heterocycles. The van der Waals surface area contributed by atoms with E-state index in [1.54, 1.807) is 18.2 Å². The third kappa shape index (κ3) is 5.02. The Kier molecular flexibility index (Phi) is 5.63. The Labute approximate surface area is 137 Å². The van der Waals surface area contributed by atoms with Gasteiger partial charge >= 0.3 is 0 Å². The Balaban J connectivity index is 1.97. The molecule has 0 saturated heterocycles. The number of nitrogens with two attached hydrogens (primary N) is 1. The Bertz CT molecular complexity index is 664. The van der Waals surface area contributed by atoms with Crippen LogP contribution >= 0.6 is 0 Å². The largest absolute Gasteiger partial charge is 0.494 e.